The van der Waals surface area contributed by atoms with E-state index in [1.165, 1.54) is 0 Å². The third kappa shape index (κ3) is 3.65. The highest BCUT2D eigenvalue weighted by Crippen LogP contribution is 2.08. The number of carbonyl (C=O) groups is 2. The van der Waals surface area contributed by atoms with E-state index in [-0.39, 0.29) is 6.29 Å². The van der Waals surface area contributed by atoms with E-state index >= 15 is 0 Å². The summed E-state index contributed by atoms with van der Waals surface area (Å²) in [6.07, 6.45) is -9.74. The molecule has 0 aromatic rings. The molecule has 0 fully saturated rings. The molecule has 1 unspecified atom stereocenters. The van der Waals surface area contributed by atoms with E-state index in [4.69, 9.17) is 20.4 Å². The fraction of sp³-hybridized carbons (Fsp3) is 0.750. The second-order valence-electron chi connectivity index (χ2n) is 3.15. The van der Waals surface area contributed by atoms with E-state index in [9.17, 15) is 14.7 Å². The average Bonchev–Trinajstić information content (AvgIpc) is 2.23. The number of ketones is 1. The molecule has 0 heterocycles. The minimum absolute atomic E-state index is 0.0409. The third-order valence-electron chi connectivity index (χ3n) is 1.93. The highest BCUT2D eigenvalue weighted by atomic mass is 16.4. The Morgan fingerprint density at radius 3 is 1.80 bits per heavy atom. The Balaban J connectivity index is 4.49. The summed E-state index contributed by atoms with van der Waals surface area (Å²) in [6.45, 7) is 0.975. The lowest BCUT2D eigenvalue weighted by molar-refractivity contribution is -0.153. The summed E-state index contributed by atoms with van der Waals surface area (Å²) in [4.78, 5) is 20.7. The van der Waals surface area contributed by atoms with Gasteiger partial charge in [-0.25, -0.2) is 0 Å². The predicted octanol–water partition coefficient (Wildman–Crippen LogP) is -3.42. The Kier molecular flexibility index (Phi) is 5.55. The molecular weight excluding hydrogens is 208 g/mol. The van der Waals surface area contributed by atoms with Gasteiger partial charge in [0.15, 0.2) is 12.1 Å². The van der Waals surface area contributed by atoms with E-state index in [0.29, 0.717) is 0 Å². The molecule has 15 heavy (non-hydrogen) atoms. The van der Waals surface area contributed by atoms with Crippen molar-refractivity contribution < 1.29 is 35.1 Å². The molecule has 0 aromatic carbocycles. The van der Waals surface area contributed by atoms with Gasteiger partial charge in [-0.3, -0.25) is 4.79 Å². The summed E-state index contributed by atoms with van der Waals surface area (Å²) in [6, 6.07) is 0. The molecule has 5 N–H and O–H groups in total. The smallest absolute Gasteiger partial charge is 0.160 e. The highest BCUT2D eigenvalue weighted by molar-refractivity contribution is 5.80. The molecule has 7 nitrogen and oxygen atoms in total. The summed E-state index contributed by atoms with van der Waals surface area (Å²) < 4.78 is 0. The number of hydrogen-bond acceptors (Lipinski definition) is 7. The van der Waals surface area contributed by atoms with Gasteiger partial charge in [0.2, 0.25) is 0 Å². The Labute approximate surface area is 85.6 Å². The number of rotatable bonds is 6. The van der Waals surface area contributed by atoms with Crippen LogP contribution in [0.4, 0.5) is 0 Å². The van der Waals surface area contributed by atoms with E-state index in [1.807, 2.05) is 0 Å². The Morgan fingerprint density at radius 2 is 1.47 bits per heavy atom. The molecule has 0 spiro atoms. The molecule has 0 aliphatic heterocycles. The number of aldehydes is 1. The van der Waals surface area contributed by atoms with Crippen LogP contribution in [0.5, 0.6) is 0 Å². The van der Waals surface area contributed by atoms with Crippen LogP contribution in [0.2, 0.25) is 0 Å². The molecule has 0 saturated heterocycles. The van der Waals surface area contributed by atoms with Gasteiger partial charge < -0.3 is 30.3 Å². The van der Waals surface area contributed by atoms with E-state index in [0.717, 1.165) is 6.92 Å². The number of aliphatic hydroxyl groups excluding tert-OH is 5. The minimum Gasteiger partial charge on any atom is -0.387 e. The van der Waals surface area contributed by atoms with Crippen molar-refractivity contribution in [3.8, 4) is 0 Å². The first-order valence-corrected chi connectivity index (χ1v) is 4.19. The van der Waals surface area contributed by atoms with Crippen molar-refractivity contribution in [1.82, 2.24) is 0 Å². The van der Waals surface area contributed by atoms with Gasteiger partial charge >= 0.3 is 0 Å². The van der Waals surface area contributed by atoms with Gasteiger partial charge in [0, 0.05) is 0 Å². The second-order valence-corrected chi connectivity index (χ2v) is 3.15. The molecule has 0 aliphatic carbocycles. The first-order valence-electron chi connectivity index (χ1n) is 4.19. The molecule has 0 aliphatic rings. The molecular formula is C8H14O7. The lowest BCUT2D eigenvalue weighted by atomic mass is 9.98. The summed E-state index contributed by atoms with van der Waals surface area (Å²) in [7, 11) is 0. The molecule has 0 rings (SSSR count). The Hall–Kier alpha value is -0.860. The number of hydrogen-bond donors (Lipinski definition) is 5. The Morgan fingerprint density at radius 1 is 1.00 bits per heavy atom. The van der Waals surface area contributed by atoms with E-state index < -0.39 is 36.3 Å². The van der Waals surface area contributed by atoms with Gasteiger partial charge in [0.05, 0.1) is 0 Å². The molecule has 0 aromatic heterocycles. The van der Waals surface area contributed by atoms with Crippen LogP contribution in [-0.4, -0.2) is 68.1 Å². The molecule has 5 atom stereocenters. The van der Waals surface area contributed by atoms with Crippen molar-refractivity contribution >= 4 is 12.1 Å². The largest absolute Gasteiger partial charge is 0.387 e. The number of Topliss-reactive ketones (excluding diaryl/α,β-unsaturated/α-hetero) is 1. The van der Waals surface area contributed by atoms with Crippen LogP contribution < -0.4 is 0 Å². The Bertz CT molecular complexity index is 229. The maximum absolute atomic E-state index is 10.6. The quantitative estimate of drug-likeness (QED) is 0.295. The van der Waals surface area contributed by atoms with Gasteiger partial charge in [-0.15, -0.1) is 0 Å². The zero-order valence-electron chi connectivity index (χ0n) is 8.02. The molecule has 7 heteroatoms. The van der Waals surface area contributed by atoms with Crippen LogP contribution in [0.1, 0.15) is 6.92 Å². The van der Waals surface area contributed by atoms with Crippen molar-refractivity contribution in [2.45, 2.75) is 37.4 Å². The van der Waals surface area contributed by atoms with Gasteiger partial charge in [-0.2, -0.15) is 0 Å². The van der Waals surface area contributed by atoms with Crippen LogP contribution in [-0.2, 0) is 9.59 Å². The summed E-state index contributed by atoms with van der Waals surface area (Å²) in [5.41, 5.74) is 0. The van der Waals surface area contributed by atoms with Crippen molar-refractivity contribution in [3.05, 3.63) is 0 Å². The van der Waals surface area contributed by atoms with Crippen molar-refractivity contribution in [1.29, 1.82) is 0 Å². The fourth-order valence-corrected chi connectivity index (χ4v) is 0.912. The zero-order chi connectivity index (χ0) is 12.2. The lowest BCUT2D eigenvalue weighted by Gasteiger charge is -2.26. The summed E-state index contributed by atoms with van der Waals surface area (Å²) >= 11 is 0. The van der Waals surface area contributed by atoms with Gasteiger partial charge in [0.25, 0.3) is 0 Å². The first-order chi connectivity index (χ1) is 6.82. The van der Waals surface area contributed by atoms with E-state index in [2.05, 4.69) is 0 Å². The monoisotopic (exact) mass is 222 g/mol. The molecule has 0 saturated carbocycles. The summed E-state index contributed by atoms with van der Waals surface area (Å²) in [5, 5.41) is 45.3. The van der Waals surface area contributed by atoms with Crippen molar-refractivity contribution in [2.75, 3.05) is 0 Å². The van der Waals surface area contributed by atoms with Crippen molar-refractivity contribution in [3.63, 3.8) is 0 Å². The number of aliphatic hydroxyl groups is 5. The highest BCUT2D eigenvalue weighted by Gasteiger charge is 2.35. The summed E-state index contributed by atoms with van der Waals surface area (Å²) in [5.74, 6) is -0.811. The number of carbonyl (C=O) groups excluding carboxylic acids is 2. The standard InChI is InChI=1S/C8H14O7/c1-3(10)5(12)7(14)8(15)6(13)4(11)2-9/h2,4-8,11-15H,1H3/t4-,5?,6+,7+,8+/m0/s1. The van der Waals surface area contributed by atoms with Crippen LogP contribution >= 0.6 is 0 Å². The first kappa shape index (κ1) is 14.1. The van der Waals surface area contributed by atoms with Crippen molar-refractivity contribution in [2.24, 2.45) is 0 Å². The van der Waals surface area contributed by atoms with Gasteiger partial charge in [-0.1, -0.05) is 0 Å². The minimum atomic E-state index is -2.00. The third-order valence-corrected chi connectivity index (χ3v) is 1.93. The van der Waals surface area contributed by atoms with Crippen LogP contribution in [0.15, 0.2) is 0 Å². The maximum atomic E-state index is 10.6. The van der Waals surface area contributed by atoms with Gasteiger partial charge in [0.1, 0.15) is 30.5 Å². The fourth-order valence-electron chi connectivity index (χ4n) is 0.912. The lowest BCUT2D eigenvalue weighted by Crippen LogP contribution is -2.51. The molecule has 0 amide bonds. The van der Waals surface area contributed by atoms with E-state index in [1.54, 1.807) is 0 Å². The van der Waals surface area contributed by atoms with Gasteiger partial charge in [-0.05, 0) is 6.92 Å². The average molecular weight is 222 g/mol. The zero-order valence-corrected chi connectivity index (χ0v) is 8.02. The molecule has 88 valence electrons. The predicted molar refractivity (Wildman–Crippen MR) is 46.8 cm³/mol. The van der Waals surface area contributed by atoms with Crippen LogP contribution in [0, 0.1) is 0 Å². The topological polar surface area (TPSA) is 135 Å². The second kappa shape index (κ2) is 5.89. The molecule has 0 radical (unpaired) electrons. The maximum Gasteiger partial charge on any atom is 0.160 e. The normalized spacial score (nSPS) is 21.2. The molecule has 0 bridgehead atoms. The van der Waals surface area contributed by atoms with Crippen LogP contribution in [0.25, 0.3) is 0 Å². The SMILES string of the molecule is CC(=O)C(O)[C@@H](O)[C@H](O)[C@H](O)[C@@H](O)C=O. The van der Waals surface area contributed by atoms with Crippen LogP contribution in [0.3, 0.4) is 0 Å².